The van der Waals surface area contributed by atoms with Gasteiger partial charge < -0.3 is 9.64 Å². The van der Waals surface area contributed by atoms with Crippen LogP contribution in [0.5, 0.6) is 11.5 Å². The molecule has 0 saturated heterocycles. The third-order valence-corrected chi connectivity index (χ3v) is 7.52. The normalized spacial score (nSPS) is 11.4. The van der Waals surface area contributed by atoms with Gasteiger partial charge in [0.05, 0.1) is 11.4 Å². The highest BCUT2D eigenvalue weighted by Gasteiger charge is 2.30. The number of hydrogen-bond acceptors (Lipinski definition) is 6. The van der Waals surface area contributed by atoms with E-state index in [-0.39, 0.29) is 31.2 Å². The van der Waals surface area contributed by atoms with E-state index in [0.29, 0.717) is 27.9 Å². The molecule has 0 radical (unpaired) electrons. The van der Waals surface area contributed by atoms with Crippen LogP contribution in [0.3, 0.4) is 0 Å². The molecule has 0 aliphatic carbocycles. The molecule has 0 bridgehead atoms. The van der Waals surface area contributed by atoms with E-state index >= 15 is 0 Å². The number of carbonyl (C=O) groups is 2. The van der Waals surface area contributed by atoms with Gasteiger partial charge in [-0.15, -0.1) is 0 Å². The Bertz CT molecular complexity index is 1160. The molecule has 0 spiro atoms. The molecule has 0 aliphatic rings. The van der Waals surface area contributed by atoms with Crippen molar-refractivity contribution < 1.29 is 36.7 Å². The second-order valence-electron chi connectivity index (χ2n) is 8.27. The molecule has 2 aromatic carbocycles. The van der Waals surface area contributed by atoms with Crippen LogP contribution in [0.25, 0.3) is 0 Å². The number of ether oxygens (including phenoxy) is 1. The Morgan fingerprint density at radius 1 is 1.05 bits per heavy atom. The van der Waals surface area contributed by atoms with Crippen molar-refractivity contribution in [1.29, 1.82) is 0 Å². The quantitative estimate of drug-likeness (QED) is 0.201. The van der Waals surface area contributed by atoms with Gasteiger partial charge >= 0.3 is 0 Å². The number of hydroxylamine groups is 1. The minimum Gasteiger partial charge on any atom is -0.451 e. The first-order chi connectivity index (χ1) is 17.5. The number of hydrogen-bond donors (Lipinski definition) is 2. The summed E-state index contributed by atoms with van der Waals surface area (Å²) in [6.07, 6.45) is 3.87. The lowest BCUT2D eigenvalue weighted by Gasteiger charge is -2.25. The molecule has 204 valence electrons. The number of unbranched alkanes of at least 4 members (excludes halogenated alkanes) is 3. The van der Waals surface area contributed by atoms with Gasteiger partial charge in [-0.2, -0.15) is 4.31 Å². The first kappa shape index (κ1) is 30.4. The number of nitrogens with zero attached hydrogens (tertiary/aromatic N) is 2. The molecule has 2 N–H and O–H groups in total. The highest BCUT2D eigenvalue weighted by Crippen LogP contribution is 2.31. The molecule has 0 saturated carbocycles. The largest absolute Gasteiger partial charge is 0.451 e. The fourth-order valence-corrected chi connectivity index (χ4v) is 4.85. The van der Waals surface area contributed by atoms with E-state index in [1.807, 2.05) is 6.92 Å². The van der Waals surface area contributed by atoms with Crippen LogP contribution in [0.15, 0.2) is 41.3 Å². The third kappa shape index (κ3) is 8.92. The number of benzene rings is 2. The number of nitrogens with one attached hydrogen (secondary N) is 1. The van der Waals surface area contributed by atoms with Crippen LogP contribution < -0.4 is 10.2 Å². The maximum atomic E-state index is 14.7. The molecule has 0 unspecified atom stereocenters. The van der Waals surface area contributed by atoms with Gasteiger partial charge in [0.2, 0.25) is 15.9 Å². The summed E-state index contributed by atoms with van der Waals surface area (Å²) >= 11 is 5.78. The first-order valence-electron chi connectivity index (χ1n) is 11.6. The Morgan fingerprint density at radius 3 is 2.24 bits per heavy atom. The number of carbonyl (C=O) groups excluding carboxylic acids is 2. The summed E-state index contributed by atoms with van der Waals surface area (Å²) in [5.74, 6) is -4.61. The zero-order chi connectivity index (χ0) is 27.6. The van der Waals surface area contributed by atoms with E-state index in [9.17, 15) is 26.8 Å². The summed E-state index contributed by atoms with van der Waals surface area (Å²) < 4.78 is 61.7. The molecular formula is C24H30ClF2N3O6S. The van der Waals surface area contributed by atoms with Crippen molar-refractivity contribution in [1.82, 2.24) is 14.7 Å². The third-order valence-electron chi connectivity index (χ3n) is 5.44. The van der Waals surface area contributed by atoms with E-state index < -0.39 is 44.8 Å². The summed E-state index contributed by atoms with van der Waals surface area (Å²) in [5, 5.41) is 9.26. The highest BCUT2D eigenvalue weighted by molar-refractivity contribution is 7.89. The maximum absolute atomic E-state index is 14.7. The lowest BCUT2D eigenvalue weighted by molar-refractivity contribution is -0.130. The van der Waals surface area contributed by atoms with Gasteiger partial charge in [0.1, 0.15) is 5.75 Å². The molecule has 9 nitrogen and oxygen atoms in total. The summed E-state index contributed by atoms with van der Waals surface area (Å²) in [7, 11) is -3.13. The Morgan fingerprint density at radius 2 is 1.68 bits per heavy atom. The summed E-state index contributed by atoms with van der Waals surface area (Å²) in [6, 6.07) is 6.78. The molecule has 2 amide bonds. The van der Waals surface area contributed by atoms with E-state index in [4.69, 9.17) is 21.5 Å². The summed E-state index contributed by atoms with van der Waals surface area (Å²) in [6.45, 7) is 0.750. The molecule has 2 rings (SSSR count). The molecule has 2 aromatic rings. The average molecular weight is 562 g/mol. The maximum Gasteiger partial charge on any atom is 0.258 e. The average Bonchev–Trinajstić information content (AvgIpc) is 2.86. The first-order valence-corrected chi connectivity index (χ1v) is 13.4. The number of likely N-dealkylation sites (N-methyl/N-ethyl adjacent to an activating group) is 1. The number of halogens is 3. The Hall–Kier alpha value is -2.80. The Balaban J connectivity index is 2.22. The topological polar surface area (TPSA) is 116 Å². The van der Waals surface area contributed by atoms with Gasteiger partial charge in [-0.3, -0.25) is 14.8 Å². The molecule has 0 fully saturated rings. The highest BCUT2D eigenvalue weighted by atomic mass is 35.5. The lowest BCUT2D eigenvalue weighted by Crippen LogP contribution is -2.44. The van der Waals surface area contributed by atoms with E-state index in [0.717, 1.165) is 19.3 Å². The minimum absolute atomic E-state index is 0.0708. The fraction of sp³-hybridized carbons (Fsp3) is 0.417. The monoisotopic (exact) mass is 561 g/mol. The second-order valence-corrected chi connectivity index (χ2v) is 10.6. The van der Waals surface area contributed by atoms with E-state index in [2.05, 4.69) is 0 Å². The molecule has 0 aliphatic heterocycles. The van der Waals surface area contributed by atoms with Gasteiger partial charge in [-0.05, 0) is 42.8 Å². The van der Waals surface area contributed by atoms with Crippen molar-refractivity contribution in [3.05, 3.63) is 53.1 Å². The number of sulfonamides is 1. The Kier molecular flexibility index (Phi) is 11.7. The van der Waals surface area contributed by atoms with Gasteiger partial charge in [0, 0.05) is 31.6 Å². The SMILES string of the molecule is CCCCCCC(=O)N(C)CCN(CC(=O)NO)S(=O)(=O)c1cc(F)c(Oc2ccc(Cl)cc2)c(F)c1. The predicted molar refractivity (Wildman–Crippen MR) is 133 cm³/mol. The van der Waals surface area contributed by atoms with E-state index in [1.165, 1.54) is 41.7 Å². The van der Waals surface area contributed by atoms with Gasteiger partial charge in [0.15, 0.2) is 17.4 Å². The van der Waals surface area contributed by atoms with E-state index in [1.54, 1.807) is 0 Å². The van der Waals surface area contributed by atoms with Crippen LogP contribution in [0.1, 0.15) is 39.0 Å². The number of rotatable bonds is 14. The van der Waals surface area contributed by atoms with Crippen LogP contribution >= 0.6 is 11.6 Å². The van der Waals surface area contributed by atoms with Crippen molar-refractivity contribution in [3.63, 3.8) is 0 Å². The fourth-order valence-electron chi connectivity index (χ4n) is 3.31. The molecule has 37 heavy (non-hydrogen) atoms. The van der Waals surface area contributed by atoms with Crippen LogP contribution in [-0.2, 0) is 19.6 Å². The summed E-state index contributed by atoms with van der Waals surface area (Å²) in [5.41, 5.74) is 1.33. The second kappa shape index (κ2) is 14.2. The smallest absolute Gasteiger partial charge is 0.258 e. The van der Waals surface area contributed by atoms with Crippen molar-refractivity contribution in [2.75, 3.05) is 26.7 Å². The zero-order valence-corrected chi connectivity index (χ0v) is 22.1. The standard InChI is InChI=1S/C24H30ClF2N3O6S/c1-3-4-5-6-7-23(32)29(2)12-13-30(16-22(31)28-33)37(34,35)19-14-20(26)24(21(27)15-19)36-18-10-8-17(25)9-11-18/h8-11,14-15,33H,3-7,12-13,16H2,1-2H3,(H,28,31). The van der Waals surface area contributed by atoms with Crippen LogP contribution in [0, 0.1) is 11.6 Å². The van der Waals surface area contributed by atoms with Gasteiger partial charge in [0.25, 0.3) is 5.91 Å². The lowest BCUT2D eigenvalue weighted by atomic mass is 10.1. The zero-order valence-electron chi connectivity index (χ0n) is 20.5. The van der Waals surface area contributed by atoms with Gasteiger partial charge in [-0.1, -0.05) is 37.8 Å². The molecule has 0 heterocycles. The van der Waals surface area contributed by atoms with Crippen LogP contribution in [-0.4, -0.2) is 61.3 Å². The molecule has 0 atom stereocenters. The molecular weight excluding hydrogens is 532 g/mol. The predicted octanol–water partition coefficient (Wildman–Crippen LogP) is 4.34. The van der Waals surface area contributed by atoms with Crippen LogP contribution in [0.2, 0.25) is 5.02 Å². The minimum atomic E-state index is -4.62. The summed E-state index contributed by atoms with van der Waals surface area (Å²) in [4.78, 5) is 24.6. The van der Waals surface area contributed by atoms with Crippen LogP contribution in [0.4, 0.5) is 8.78 Å². The molecule has 13 heteroatoms. The number of amides is 2. The van der Waals surface area contributed by atoms with Crippen molar-refractivity contribution in [2.45, 2.75) is 43.9 Å². The van der Waals surface area contributed by atoms with Gasteiger partial charge in [-0.25, -0.2) is 22.7 Å². The Labute approximate surface area is 220 Å². The van der Waals surface area contributed by atoms with Crippen molar-refractivity contribution in [2.24, 2.45) is 0 Å². The van der Waals surface area contributed by atoms with Crippen molar-refractivity contribution >= 4 is 33.4 Å². The molecule has 0 aromatic heterocycles. The van der Waals surface area contributed by atoms with Crippen molar-refractivity contribution in [3.8, 4) is 11.5 Å².